The van der Waals surface area contributed by atoms with E-state index in [4.69, 9.17) is 34.8 Å². The monoisotopic (exact) mass is 482 g/mol. The average molecular weight is 483 g/mol. The lowest BCUT2D eigenvalue weighted by atomic mass is 9.97. The molecule has 0 radical (unpaired) electrons. The van der Waals surface area contributed by atoms with Gasteiger partial charge in [-0.1, -0.05) is 16.8 Å². The first-order valence-electron chi connectivity index (χ1n) is 10.2. The van der Waals surface area contributed by atoms with Gasteiger partial charge in [0.25, 0.3) is 5.91 Å². The molecule has 2 aromatic heterocycles. The largest absolute Gasteiger partial charge is 0.496 e. The molecule has 0 N–H and O–H groups in total. The van der Waals surface area contributed by atoms with E-state index >= 15 is 0 Å². The molecule has 174 valence electrons. The standard InChI is InChI=1S/C24H19ClN2O7/c1-11-7-19(26-34-11)27-21(13-9-17(31-3)18(32-4)10-16(13)30-2)20-22(28)14-8-12(25)5-6-15(14)33-23(20)24(27)29/h5-10,21H,1-4H3/t21-/m1/s1. The van der Waals surface area contributed by atoms with Crippen molar-refractivity contribution in [3.63, 3.8) is 0 Å². The second-order valence-electron chi connectivity index (χ2n) is 7.64. The van der Waals surface area contributed by atoms with Gasteiger partial charge in [-0.2, -0.15) is 0 Å². The Morgan fingerprint density at radius 3 is 2.32 bits per heavy atom. The molecule has 1 aliphatic heterocycles. The quantitative estimate of drug-likeness (QED) is 0.409. The predicted molar refractivity (Wildman–Crippen MR) is 123 cm³/mol. The van der Waals surface area contributed by atoms with Gasteiger partial charge in [0.1, 0.15) is 23.1 Å². The van der Waals surface area contributed by atoms with E-state index < -0.39 is 17.4 Å². The number of ether oxygens (including phenoxy) is 3. The van der Waals surface area contributed by atoms with Crippen LogP contribution >= 0.6 is 11.6 Å². The van der Waals surface area contributed by atoms with Crippen LogP contribution in [0.2, 0.25) is 5.02 Å². The summed E-state index contributed by atoms with van der Waals surface area (Å²) in [4.78, 5) is 28.7. The molecule has 2 aromatic carbocycles. The van der Waals surface area contributed by atoms with Crippen molar-refractivity contribution in [2.24, 2.45) is 0 Å². The first-order valence-corrected chi connectivity index (χ1v) is 10.6. The zero-order valence-corrected chi connectivity index (χ0v) is 19.4. The molecular weight excluding hydrogens is 464 g/mol. The summed E-state index contributed by atoms with van der Waals surface area (Å²) in [5, 5.41) is 4.64. The van der Waals surface area contributed by atoms with E-state index in [2.05, 4.69) is 5.16 Å². The van der Waals surface area contributed by atoms with Gasteiger partial charge < -0.3 is 23.2 Å². The molecule has 0 saturated carbocycles. The van der Waals surface area contributed by atoms with Crippen molar-refractivity contribution in [3.8, 4) is 17.2 Å². The highest BCUT2D eigenvalue weighted by molar-refractivity contribution is 6.31. The van der Waals surface area contributed by atoms with Gasteiger partial charge >= 0.3 is 0 Å². The molecule has 0 fully saturated rings. The van der Waals surface area contributed by atoms with E-state index in [0.29, 0.717) is 33.6 Å². The molecule has 1 atom stereocenters. The van der Waals surface area contributed by atoms with Gasteiger partial charge in [0.2, 0.25) is 5.76 Å². The maximum Gasteiger partial charge on any atom is 0.296 e. The van der Waals surface area contributed by atoms with Crippen molar-refractivity contribution in [1.82, 2.24) is 5.16 Å². The molecule has 0 saturated heterocycles. The summed E-state index contributed by atoms with van der Waals surface area (Å²) in [6.45, 7) is 1.70. The minimum atomic E-state index is -0.943. The highest BCUT2D eigenvalue weighted by atomic mass is 35.5. The van der Waals surface area contributed by atoms with Gasteiger partial charge in [0.15, 0.2) is 22.7 Å². The number of hydrogen-bond donors (Lipinski definition) is 0. The molecule has 0 bridgehead atoms. The number of aryl methyl sites for hydroxylation is 1. The van der Waals surface area contributed by atoms with E-state index in [0.717, 1.165) is 0 Å². The van der Waals surface area contributed by atoms with Crippen LogP contribution in [0.15, 0.2) is 50.1 Å². The van der Waals surface area contributed by atoms with Gasteiger partial charge in [0.05, 0.1) is 32.3 Å². The van der Waals surface area contributed by atoms with E-state index in [-0.39, 0.29) is 28.1 Å². The first-order chi connectivity index (χ1) is 16.4. The maximum atomic E-state index is 13.7. The smallest absolute Gasteiger partial charge is 0.296 e. The number of benzene rings is 2. The molecule has 0 spiro atoms. The maximum absolute atomic E-state index is 13.7. The summed E-state index contributed by atoms with van der Waals surface area (Å²) < 4.78 is 27.6. The van der Waals surface area contributed by atoms with Crippen LogP contribution in [-0.4, -0.2) is 32.4 Å². The molecule has 0 aliphatic carbocycles. The van der Waals surface area contributed by atoms with Crippen molar-refractivity contribution in [3.05, 3.63) is 74.3 Å². The van der Waals surface area contributed by atoms with Gasteiger partial charge in [-0.15, -0.1) is 0 Å². The van der Waals surface area contributed by atoms with Crippen LogP contribution in [0.3, 0.4) is 0 Å². The number of hydrogen-bond acceptors (Lipinski definition) is 8. The van der Waals surface area contributed by atoms with Crippen LogP contribution in [0.25, 0.3) is 11.0 Å². The van der Waals surface area contributed by atoms with Crippen molar-refractivity contribution < 1.29 is 27.9 Å². The normalized spacial score (nSPS) is 15.0. The fraction of sp³-hybridized carbons (Fsp3) is 0.208. The first kappa shape index (κ1) is 21.8. The number of rotatable bonds is 5. The third-order valence-electron chi connectivity index (χ3n) is 5.73. The SMILES string of the molecule is COc1cc(OC)c([C@@H]2c3c(oc4ccc(Cl)cc4c3=O)C(=O)N2c2cc(C)on2)cc1OC. The number of fused-ring (bicyclic) bond motifs is 2. The Labute approximate surface area is 198 Å². The van der Waals surface area contributed by atoms with Crippen LogP contribution in [0.1, 0.15) is 33.5 Å². The number of amides is 1. The Morgan fingerprint density at radius 1 is 0.971 bits per heavy atom. The third kappa shape index (κ3) is 3.19. The Kier molecular flexibility index (Phi) is 5.21. The minimum Gasteiger partial charge on any atom is -0.496 e. The highest BCUT2D eigenvalue weighted by Gasteiger charge is 2.46. The minimum absolute atomic E-state index is 0.0951. The van der Waals surface area contributed by atoms with Crippen molar-refractivity contribution in [1.29, 1.82) is 0 Å². The number of methoxy groups -OCH3 is 3. The third-order valence-corrected chi connectivity index (χ3v) is 5.96. The van der Waals surface area contributed by atoms with Crippen LogP contribution in [0.4, 0.5) is 5.82 Å². The van der Waals surface area contributed by atoms with Gasteiger partial charge in [-0.3, -0.25) is 14.5 Å². The Bertz CT molecular complexity index is 1510. The summed E-state index contributed by atoms with van der Waals surface area (Å²) >= 11 is 6.14. The molecule has 1 amide bonds. The van der Waals surface area contributed by atoms with Crippen molar-refractivity contribution in [2.75, 3.05) is 26.2 Å². The highest BCUT2D eigenvalue weighted by Crippen LogP contribution is 2.46. The lowest BCUT2D eigenvalue weighted by Crippen LogP contribution is -2.30. The van der Waals surface area contributed by atoms with Crippen LogP contribution in [-0.2, 0) is 0 Å². The van der Waals surface area contributed by atoms with Gasteiger partial charge in [0, 0.05) is 22.7 Å². The van der Waals surface area contributed by atoms with Crippen molar-refractivity contribution in [2.45, 2.75) is 13.0 Å². The Morgan fingerprint density at radius 2 is 1.68 bits per heavy atom. The zero-order chi connectivity index (χ0) is 24.1. The molecule has 3 heterocycles. The topological polar surface area (TPSA) is 104 Å². The fourth-order valence-electron chi connectivity index (χ4n) is 4.21. The van der Waals surface area contributed by atoms with E-state index in [1.165, 1.54) is 32.3 Å². The average Bonchev–Trinajstić information content (AvgIpc) is 3.39. The number of anilines is 1. The fourth-order valence-corrected chi connectivity index (χ4v) is 4.38. The summed E-state index contributed by atoms with van der Waals surface area (Å²) in [5.41, 5.74) is 0.460. The number of carbonyl (C=O) groups excluding carboxylic acids is 1. The molecule has 9 nitrogen and oxygen atoms in total. The molecule has 0 unspecified atom stereocenters. The number of aromatic nitrogens is 1. The lowest BCUT2D eigenvalue weighted by Gasteiger charge is -2.25. The summed E-state index contributed by atoms with van der Waals surface area (Å²) in [6, 6.07) is 8.61. The molecule has 1 aliphatic rings. The van der Waals surface area contributed by atoms with E-state index in [1.807, 2.05) is 0 Å². The number of halogens is 1. The van der Waals surface area contributed by atoms with Crippen molar-refractivity contribution >= 4 is 34.3 Å². The second kappa shape index (κ2) is 8.11. The Balaban J connectivity index is 1.86. The summed E-state index contributed by atoms with van der Waals surface area (Å²) in [5.74, 6) is 1.27. The Hall–Kier alpha value is -3.98. The van der Waals surface area contributed by atoms with Gasteiger partial charge in [-0.25, -0.2) is 0 Å². The zero-order valence-electron chi connectivity index (χ0n) is 18.7. The number of nitrogens with zero attached hydrogens (tertiary/aromatic N) is 2. The number of carbonyl (C=O) groups is 1. The lowest BCUT2D eigenvalue weighted by molar-refractivity contribution is 0.0969. The molecule has 4 aromatic rings. The molecule has 5 rings (SSSR count). The molecular formula is C24H19ClN2O7. The van der Waals surface area contributed by atoms with Gasteiger partial charge in [-0.05, 0) is 31.2 Å². The second-order valence-corrected chi connectivity index (χ2v) is 8.07. The summed E-state index contributed by atoms with van der Waals surface area (Å²) in [6.07, 6.45) is 0. The van der Waals surface area contributed by atoms with Crippen LogP contribution < -0.4 is 24.5 Å². The molecule has 10 heteroatoms. The van der Waals surface area contributed by atoms with Crippen LogP contribution in [0, 0.1) is 6.92 Å². The summed E-state index contributed by atoms with van der Waals surface area (Å²) in [7, 11) is 4.47. The predicted octanol–water partition coefficient (Wildman–Crippen LogP) is 4.52. The molecule has 34 heavy (non-hydrogen) atoms. The van der Waals surface area contributed by atoms with Crippen LogP contribution in [0.5, 0.6) is 17.2 Å². The van der Waals surface area contributed by atoms with E-state index in [9.17, 15) is 9.59 Å². The van der Waals surface area contributed by atoms with E-state index in [1.54, 1.807) is 37.3 Å².